The molecule has 25 heavy (non-hydrogen) atoms. The van der Waals surface area contributed by atoms with Crippen LogP contribution >= 0.6 is 11.6 Å². The summed E-state index contributed by atoms with van der Waals surface area (Å²) >= 11 is 6.04. The van der Waals surface area contributed by atoms with Gasteiger partial charge in [-0.25, -0.2) is 12.7 Å². The zero-order valence-electron chi connectivity index (χ0n) is 15.0. The molecule has 1 aliphatic rings. The van der Waals surface area contributed by atoms with Crippen LogP contribution in [0.2, 0.25) is 5.02 Å². The molecule has 0 radical (unpaired) electrons. The van der Waals surface area contributed by atoms with Crippen molar-refractivity contribution in [1.82, 2.24) is 9.21 Å². The number of carbonyl (C=O) groups excluding carboxylic acids is 1. The zero-order chi connectivity index (χ0) is 18.6. The zero-order valence-corrected chi connectivity index (χ0v) is 16.5. The minimum Gasteiger partial charge on any atom is -0.325 e. The van der Waals surface area contributed by atoms with Crippen LogP contribution in [-0.2, 0) is 14.8 Å². The Bertz CT molecular complexity index is 714. The van der Waals surface area contributed by atoms with Gasteiger partial charge in [0.2, 0.25) is 15.9 Å². The molecule has 1 aromatic rings. The SMILES string of the molecule is CC(C(=O)Nc1ccc(Cl)c(S(=O)(=O)N(C)C)c1)N1CCCCCC1. The van der Waals surface area contributed by atoms with Crippen molar-refractivity contribution < 1.29 is 13.2 Å². The molecule has 1 aliphatic heterocycles. The molecule has 8 heteroatoms. The number of carbonyl (C=O) groups is 1. The molecular formula is C17H26ClN3O3S. The van der Waals surface area contributed by atoms with Gasteiger partial charge < -0.3 is 5.32 Å². The van der Waals surface area contributed by atoms with Gasteiger partial charge in [0.25, 0.3) is 0 Å². The van der Waals surface area contributed by atoms with E-state index in [2.05, 4.69) is 10.2 Å². The average Bonchev–Trinajstić information content (AvgIpc) is 2.84. The Hall–Kier alpha value is -1.15. The maximum absolute atomic E-state index is 12.6. The molecule has 0 aromatic heterocycles. The molecule has 1 atom stereocenters. The fraction of sp³-hybridized carbons (Fsp3) is 0.588. The van der Waals surface area contributed by atoms with Crippen LogP contribution in [0, 0.1) is 0 Å². The van der Waals surface area contributed by atoms with Crippen LogP contribution in [-0.4, -0.2) is 56.8 Å². The van der Waals surface area contributed by atoms with Crippen LogP contribution in [0.3, 0.4) is 0 Å². The number of benzene rings is 1. The number of hydrogen-bond acceptors (Lipinski definition) is 4. The van der Waals surface area contributed by atoms with Crippen LogP contribution in [0.1, 0.15) is 32.6 Å². The van der Waals surface area contributed by atoms with Gasteiger partial charge in [-0.1, -0.05) is 24.4 Å². The van der Waals surface area contributed by atoms with Gasteiger partial charge in [0.05, 0.1) is 11.1 Å². The molecule has 0 saturated carbocycles. The average molecular weight is 388 g/mol. The highest BCUT2D eigenvalue weighted by molar-refractivity contribution is 7.89. The molecule has 1 amide bonds. The summed E-state index contributed by atoms with van der Waals surface area (Å²) in [4.78, 5) is 14.7. The Kier molecular flexibility index (Phi) is 6.85. The number of amides is 1. The van der Waals surface area contributed by atoms with Gasteiger partial charge in [-0.05, 0) is 51.1 Å². The van der Waals surface area contributed by atoms with Gasteiger partial charge in [0.15, 0.2) is 0 Å². The fourth-order valence-electron chi connectivity index (χ4n) is 2.87. The third kappa shape index (κ3) is 4.94. The molecule has 1 heterocycles. The number of likely N-dealkylation sites (tertiary alicyclic amines) is 1. The first-order valence-corrected chi connectivity index (χ1v) is 10.3. The van der Waals surface area contributed by atoms with Gasteiger partial charge in [-0.15, -0.1) is 0 Å². The van der Waals surface area contributed by atoms with Crippen molar-refractivity contribution in [2.75, 3.05) is 32.5 Å². The van der Waals surface area contributed by atoms with Gasteiger partial charge in [-0.3, -0.25) is 9.69 Å². The molecule has 2 rings (SSSR count). The quantitative estimate of drug-likeness (QED) is 0.843. The molecule has 0 spiro atoms. The highest BCUT2D eigenvalue weighted by Crippen LogP contribution is 2.27. The minimum atomic E-state index is -3.67. The van der Waals surface area contributed by atoms with Crippen molar-refractivity contribution in [2.45, 2.75) is 43.5 Å². The number of rotatable bonds is 5. The van der Waals surface area contributed by atoms with E-state index in [1.165, 1.54) is 39.1 Å². The third-order valence-corrected chi connectivity index (χ3v) is 6.82. The van der Waals surface area contributed by atoms with E-state index in [0.717, 1.165) is 30.2 Å². The summed E-state index contributed by atoms with van der Waals surface area (Å²) in [6.45, 7) is 3.71. The second kappa shape index (κ2) is 8.49. The van der Waals surface area contributed by atoms with E-state index in [-0.39, 0.29) is 21.9 Å². The van der Waals surface area contributed by atoms with Gasteiger partial charge >= 0.3 is 0 Å². The second-order valence-electron chi connectivity index (χ2n) is 6.55. The number of nitrogens with one attached hydrogen (secondary N) is 1. The molecule has 1 unspecified atom stereocenters. The lowest BCUT2D eigenvalue weighted by Crippen LogP contribution is -2.42. The molecule has 1 N–H and O–H groups in total. The monoisotopic (exact) mass is 387 g/mol. The molecule has 140 valence electrons. The van der Waals surface area contributed by atoms with Crippen LogP contribution in [0.5, 0.6) is 0 Å². The summed E-state index contributed by atoms with van der Waals surface area (Å²) in [6, 6.07) is 4.25. The highest BCUT2D eigenvalue weighted by atomic mass is 35.5. The molecule has 0 bridgehead atoms. The summed E-state index contributed by atoms with van der Waals surface area (Å²) in [7, 11) is -0.786. The number of sulfonamides is 1. The number of anilines is 1. The van der Waals surface area contributed by atoms with Crippen LogP contribution in [0.4, 0.5) is 5.69 Å². The standard InChI is InChI=1S/C17H26ClN3O3S/c1-13(21-10-6-4-5-7-11-21)17(22)19-14-8-9-15(18)16(12-14)25(23,24)20(2)3/h8-9,12-13H,4-7,10-11H2,1-3H3,(H,19,22). The summed E-state index contributed by atoms with van der Waals surface area (Å²) in [5, 5.41) is 2.95. The normalized spacial score (nSPS) is 18.0. The first-order chi connectivity index (χ1) is 11.7. The maximum atomic E-state index is 12.6. The summed E-state index contributed by atoms with van der Waals surface area (Å²) in [6.07, 6.45) is 4.61. The lowest BCUT2D eigenvalue weighted by molar-refractivity contribution is -0.120. The number of hydrogen-bond donors (Lipinski definition) is 1. The van der Waals surface area contributed by atoms with Crippen LogP contribution in [0.25, 0.3) is 0 Å². The molecule has 0 aliphatic carbocycles. The smallest absolute Gasteiger partial charge is 0.244 e. The van der Waals surface area contributed by atoms with E-state index in [1.54, 1.807) is 6.07 Å². The first-order valence-electron chi connectivity index (χ1n) is 8.50. The van der Waals surface area contributed by atoms with Crippen molar-refractivity contribution in [3.05, 3.63) is 23.2 Å². The van der Waals surface area contributed by atoms with E-state index in [9.17, 15) is 13.2 Å². The van der Waals surface area contributed by atoms with Gasteiger partial charge in [-0.2, -0.15) is 0 Å². The van der Waals surface area contributed by atoms with Crippen LogP contribution in [0.15, 0.2) is 23.1 Å². The topological polar surface area (TPSA) is 69.7 Å². The van der Waals surface area contributed by atoms with E-state index in [1.807, 2.05) is 6.92 Å². The Morgan fingerprint density at radius 2 is 1.80 bits per heavy atom. The van der Waals surface area contributed by atoms with E-state index < -0.39 is 10.0 Å². The predicted octanol–water partition coefficient (Wildman–Crippen LogP) is 2.79. The Morgan fingerprint density at radius 1 is 1.20 bits per heavy atom. The second-order valence-corrected chi connectivity index (χ2v) is 9.08. The third-order valence-electron chi connectivity index (χ3n) is 4.53. The maximum Gasteiger partial charge on any atom is 0.244 e. The van der Waals surface area contributed by atoms with Gasteiger partial charge in [0, 0.05) is 19.8 Å². The lowest BCUT2D eigenvalue weighted by atomic mass is 10.2. The highest BCUT2D eigenvalue weighted by Gasteiger charge is 2.24. The molecule has 1 fully saturated rings. The van der Waals surface area contributed by atoms with E-state index in [0.29, 0.717) is 5.69 Å². The number of halogens is 1. The van der Waals surface area contributed by atoms with E-state index >= 15 is 0 Å². The first kappa shape index (κ1) is 20.2. The molecule has 1 aromatic carbocycles. The molecular weight excluding hydrogens is 362 g/mol. The summed E-state index contributed by atoms with van der Waals surface area (Å²) in [5.41, 5.74) is 0.427. The van der Waals surface area contributed by atoms with Crippen molar-refractivity contribution in [1.29, 1.82) is 0 Å². The summed E-state index contributed by atoms with van der Waals surface area (Å²) < 4.78 is 25.8. The van der Waals surface area contributed by atoms with Crippen molar-refractivity contribution in [2.24, 2.45) is 0 Å². The van der Waals surface area contributed by atoms with Crippen molar-refractivity contribution >= 4 is 33.2 Å². The van der Waals surface area contributed by atoms with Crippen molar-refractivity contribution in [3.63, 3.8) is 0 Å². The van der Waals surface area contributed by atoms with Crippen molar-refractivity contribution in [3.8, 4) is 0 Å². The minimum absolute atomic E-state index is 0.0145. The number of nitrogens with zero attached hydrogens (tertiary/aromatic N) is 2. The van der Waals surface area contributed by atoms with Crippen LogP contribution < -0.4 is 5.32 Å². The van der Waals surface area contributed by atoms with Gasteiger partial charge in [0.1, 0.15) is 4.90 Å². The largest absolute Gasteiger partial charge is 0.325 e. The Morgan fingerprint density at radius 3 is 2.36 bits per heavy atom. The Balaban J connectivity index is 2.15. The fourth-order valence-corrected chi connectivity index (χ4v) is 4.26. The van der Waals surface area contributed by atoms with E-state index in [4.69, 9.17) is 11.6 Å². The lowest BCUT2D eigenvalue weighted by Gasteiger charge is -2.26. The Labute approximate surface area is 155 Å². The summed E-state index contributed by atoms with van der Waals surface area (Å²) in [5.74, 6) is -0.141. The molecule has 1 saturated heterocycles. The predicted molar refractivity (Wildman–Crippen MR) is 100 cm³/mol. The molecule has 6 nitrogen and oxygen atoms in total.